The molecule has 0 aliphatic rings. The predicted molar refractivity (Wildman–Crippen MR) is 90.4 cm³/mol. The van der Waals surface area contributed by atoms with Crippen molar-refractivity contribution >= 4 is 0 Å². The second-order valence-corrected chi connectivity index (χ2v) is 7.51. The maximum Gasteiger partial charge on any atom is 0.00965 e. The number of nitrogens with one attached hydrogen (secondary N) is 1. The van der Waals surface area contributed by atoms with Crippen LogP contribution in [0.4, 0.5) is 0 Å². The van der Waals surface area contributed by atoms with Crippen molar-refractivity contribution < 1.29 is 0 Å². The predicted octanol–water partition coefficient (Wildman–Crippen LogP) is 5.16. The third-order valence-corrected chi connectivity index (χ3v) is 3.86. The molecule has 1 aromatic rings. The second-order valence-electron chi connectivity index (χ2n) is 7.51. The molecule has 0 heterocycles. The molecule has 1 aromatic carbocycles. The zero-order chi connectivity index (χ0) is 15.2. The Kier molecular flexibility index (Phi) is 6.75. The third-order valence-electron chi connectivity index (χ3n) is 3.86. The molecule has 0 aromatic heterocycles. The van der Waals surface area contributed by atoms with Gasteiger partial charge in [-0.05, 0) is 69.5 Å². The monoisotopic (exact) mass is 275 g/mol. The van der Waals surface area contributed by atoms with Gasteiger partial charge in [-0.2, -0.15) is 0 Å². The van der Waals surface area contributed by atoms with Crippen LogP contribution in [0, 0.1) is 5.92 Å². The fourth-order valence-electron chi connectivity index (χ4n) is 2.32. The fourth-order valence-corrected chi connectivity index (χ4v) is 2.32. The Morgan fingerprint density at radius 2 is 1.55 bits per heavy atom. The van der Waals surface area contributed by atoms with E-state index in [-0.39, 0.29) is 5.54 Å². The second kappa shape index (κ2) is 7.83. The lowest BCUT2D eigenvalue weighted by molar-refractivity contribution is 0.386. The van der Waals surface area contributed by atoms with Crippen molar-refractivity contribution in [1.29, 1.82) is 0 Å². The van der Waals surface area contributed by atoms with Gasteiger partial charge in [0.1, 0.15) is 0 Å². The van der Waals surface area contributed by atoms with Gasteiger partial charge in [-0.25, -0.2) is 0 Å². The maximum absolute atomic E-state index is 3.57. The molecule has 0 saturated carbocycles. The van der Waals surface area contributed by atoms with Crippen molar-refractivity contribution in [3.05, 3.63) is 35.4 Å². The molecule has 1 heteroatoms. The van der Waals surface area contributed by atoms with Gasteiger partial charge in [0.05, 0.1) is 0 Å². The van der Waals surface area contributed by atoms with E-state index in [9.17, 15) is 0 Å². The standard InChI is InChI=1S/C19H33N/c1-15(2)18-11-9-17(10-12-18)8-7-16(3)13-14-20-19(4,5)6/h9-12,15-16,20H,7-8,13-14H2,1-6H3. The molecular formula is C19H33N. The average Bonchev–Trinajstić information content (AvgIpc) is 2.35. The Bertz CT molecular complexity index is 370. The molecule has 0 aliphatic carbocycles. The number of aryl methyl sites for hydroxylation is 1. The summed E-state index contributed by atoms with van der Waals surface area (Å²) in [6.45, 7) is 14.7. The topological polar surface area (TPSA) is 12.0 Å². The van der Waals surface area contributed by atoms with Crippen LogP contribution in [0.3, 0.4) is 0 Å². The molecule has 1 unspecified atom stereocenters. The smallest absolute Gasteiger partial charge is 0.00965 e. The first-order valence-corrected chi connectivity index (χ1v) is 8.12. The Labute approximate surface area is 126 Å². The van der Waals surface area contributed by atoms with Crippen LogP contribution in [-0.2, 0) is 6.42 Å². The molecule has 0 spiro atoms. The van der Waals surface area contributed by atoms with E-state index < -0.39 is 0 Å². The summed E-state index contributed by atoms with van der Waals surface area (Å²) in [6, 6.07) is 9.17. The molecule has 114 valence electrons. The number of hydrogen-bond acceptors (Lipinski definition) is 1. The summed E-state index contributed by atoms with van der Waals surface area (Å²) in [5, 5.41) is 3.57. The minimum Gasteiger partial charge on any atom is -0.312 e. The van der Waals surface area contributed by atoms with Crippen LogP contribution in [0.5, 0.6) is 0 Å². The molecule has 1 rings (SSSR count). The van der Waals surface area contributed by atoms with Crippen molar-refractivity contribution in [2.24, 2.45) is 5.92 Å². The highest BCUT2D eigenvalue weighted by molar-refractivity contribution is 5.24. The summed E-state index contributed by atoms with van der Waals surface area (Å²) in [5.41, 5.74) is 3.16. The zero-order valence-electron chi connectivity index (χ0n) is 14.3. The van der Waals surface area contributed by atoms with Gasteiger partial charge >= 0.3 is 0 Å². The summed E-state index contributed by atoms with van der Waals surface area (Å²) in [5.74, 6) is 1.42. The lowest BCUT2D eigenvalue weighted by Gasteiger charge is -2.22. The molecule has 1 N–H and O–H groups in total. The Morgan fingerprint density at radius 1 is 0.950 bits per heavy atom. The van der Waals surface area contributed by atoms with E-state index in [1.165, 1.54) is 30.4 Å². The molecule has 0 aliphatic heterocycles. The van der Waals surface area contributed by atoms with Gasteiger partial charge in [-0.15, -0.1) is 0 Å². The highest BCUT2D eigenvalue weighted by Crippen LogP contribution is 2.17. The molecule has 1 nitrogen and oxygen atoms in total. The molecule has 0 fully saturated rings. The van der Waals surface area contributed by atoms with Gasteiger partial charge in [0, 0.05) is 5.54 Å². The van der Waals surface area contributed by atoms with Crippen LogP contribution in [0.2, 0.25) is 0 Å². The molecule has 1 atom stereocenters. The van der Waals surface area contributed by atoms with Crippen molar-refractivity contribution in [2.75, 3.05) is 6.54 Å². The van der Waals surface area contributed by atoms with Crippen molar-refractivity contribution in [3.63, 3.8) is 0 Å². The largest absolute Gasteiger partial charge is 0.312 e. The molecule has 0 bridgehead atoms. The van der Waals surface area contributed by atoms with Crippen LogP contribution in [0.25, 0.3) is 0 Å². The van der Waals surface area contributed by atoms with Crippen molar-refractivity contribution in [2.45, 2.75) is 72.3 Å². The van der Waals surface area contributed by atoms with E-state index in [1.54, 1.807) is 0 Å². The Morgan fingerprint density at radius 3 is 2.05 bits per heavy atom. The molecule has 0 radical (unpaired) electrons. The minimum absolute atomic E-state index is 0.242. The number of rotatable bonds is 7. The highest BCUT2D eigenvalue weighted by atomic mass is 14.9. The van der Waals surface area contributed by atoms with E-state index >= 15 is 0 Å². The summed E-state index contributed by atoms with van der Waals surface area (Å²) >= 11 is 0. The quantitative estimate of drug-likeness (QED) is 0.725. The van der Waals surface area contributed by atoms with E-state index in [2.05, 4.69) is 71.1 Å². The zero-order valence-corrected chi connectivity index (χ0v) is 14.3. The van der Waals surface area contributed by atoms with Crippen LogP contribution in [-0.4, -0.2) is 12.1 Å². The van der Waals surface area contributed by atoms with E-state index in [1.807, 2.05) is 0 Å². The van der Waals surface area contributed by atoms with Gasteiger partial charge in [-0.1, -0.05) is 45.0 Å². The van der Waals surface area contributed by atoms with E-state index in [0.29, 0.717) is 5.92 Å². The maximum atomic E-state index is 3.57. The summed E-state index contributed by atoms with van der Waals surface area (Å²) in [7, 11) is 0. The summed E-state index contributed by atoms with van der Waals surface area (Å²) in [4.78, 5) is 0. The average molecular weight is 275 g/mol. The van der Waals surface area contributed by atoms with Gasteiger partial charge in [0.2, 0.25) is 0 Å². The fraction of sp³-hybridized carbons (Fsp3) is 0.684. The van der Waals surface area contributed by atoms with Crippen LogP contribution in [0.15, 0.2) is 24.3 Å². The number of hydrogen-bond donors (Lipinski definition) is 1. The third kappa shape index (κ3) is 7.09. The van der Waals surface area contributed by atoms with Gasteiger partial charge < -0.3 is 5.32 Å². The Hall–Kier alpha value is -0.820. The SMILES string of the molecule is CC(CCNC(C)(C)C)CCc1ccc(C(C)C)cc1. The van der Waals surface area contributed by atoms with Gasteiger partial charge in [0.15, 0.2) is 0 Å². The lowest BCUT2D eigenvalue weighted by Crippen LogP contribution is -2.36. The minimum atomic E-state index is 0.242. The highest BCUT2D eigenvalue weighted by Gasteiger charge is 2.09. The molecule has 0 amide bonds. The van der Waals surface area contributed by atoms with Crippen LogP contribution >= 0.6 is 0 Å². The van der Waals surface area contributed by atoms with E-state index in [4.69, 9.17) is 0 Å². The van der Waals surface area contributed by atoms with E-state index in [0.717, 1.165) is 12.5 Å². The van der Waals surface area contributed by atoms with Crippen molar-refractivity contribution in [3.8, 4) is 0 Å². The number of benzene rings is 1. The first kappa shape index (κ1) is 17.2. The van der Waals surface area contributed by atoms with Crippen LogP contribution in [0.1, 0.15) is 71.4 Å². The first-order valence-electron chi connectivity index (χ1n) is 8.12. The summed E-state index contributed by atoms with van der Waals surface area (Å²) < 4.78 is 0. The Balaban J connectivity index is 2.28. The van der Waals surface area contributed by atoms with Crippen molar-refractivity contribution in [1.82, 2.24) is 5.32 Å². The normalized spacial score (nSPS) is 13.8. The molecular weight excluding hydrogens is 242 g/mol. The van der Waals surface area contributed by atoms with Gasteiger partial charge in [-0.3, -0.25) is 0 Å². The summed E-state index contributed by atoms with van der Waals surface area (Å²) in [6.07, 6.45) is 3.75. The van der Waals surface area contributed by atoms with Gasteiger partial charge in [0.25, 0.3) is 0 Å². The first-order chi connectivity index (χ1) is 9.28. The molecule has 20 heavy (non-hydrogen) atoms. The van der Waals surface area contributed by atoms with Crippen LogP contribution < -0.4 is 5.32 Å². The molecule has 0 saturated heterocycles. The lowest BCUT2D eigenvalue weighted by atomic mass is 9.96.